The molecule has 0 saturated carbocycles. The smallest absolute Gasteiger partial charge is 0.0925 e. The number of nitrogens with one attached hydrogen (secondary N) is 1. The molecule has 0 amide bonds. The third kappa shape index (κ3) is 2.90. The molecule has 2 aromatic heterocycles. The highest BCUT2D eigenvalue weighted by atomic mass is 15.1. The largest absolute Gasteiger partial charge is 0.301 e. The molecule has 1 fully saturated rings. The van der Waals surface area contributed by atoms with Crippen LogP contribution in [0.5, 0.6) is 0 Å². The fraction of sp³-hybridized carbons (Fsp3) is 0.588. The molecular weight excluding hydrogens is 274 g/mol. The van der Waals surface area contributed by atoms with Crippen molar-refractivity contribution in [3.8, 4) is 11.3 Å². The second kappa shape index (κ2) is 6.16. The maximum absolute atomic E-state index is 4.89. The van der Waals surface area contributed by atoms with Crippen molar-refractivity contribution in [3.63, 3.8) is 0 Å². The number of aromatic nitrogens is 4. The van der Waals surface area contributed by atoms with Crippen molar-refractivity contribution in [2.75, 3.05) is 13.1 Å². The van der Waals surface area contributed by atoms with Crippen molar-refractivity contribution in [1.29, 1.82) is 0 Å². The molecule has 0 radical (unpaired) electrons. The molecule has 3 heterocycles. The Morgan fingerprint density at radius 1 is 1.18 bits per heavy atom. The zero-order valence-corrected chi connectivity index (χ0v) is 13.9. The highest BCUT2D eigenvalue weighted by Gasteiger charge is 2.23. The predicted octanol–water partition coefficient (Wildman–Crippen LogP) is 3.07. The first-order valence-corrected chi connectivity index (χ1v) is 8.14. The molecule has 0 aliphatic carbocycles. The second-order valence-corrected chi connectivity index (χ2v) is 6.54. The Labute approximate surface area is 132 Å². The number of aromatic amines is 1. The lowest BCUT2D eigenvalue weighted by Gasteiger charge is -2.34. The van der Waals surface area contributed by atoms with E-state index in [4.69, 9.17) is 4.98 Å². The molecule has 3 rings (SSSR count). The fourth-order valence-electron chi connectivity index (χ4n) is 3.34. The van der Waals surface area contributed by atoms with Gasteiger partial charge >= 0.3 is 0 Å². The van der Waals surface area contributed by atoms with E-state index in [-0.39, 0.29) is 0 Å². The van der Waals surface area contributed by atoms with Gasteiger partial charge in [-0.2, -0.15) is 5.10 Å². The summed E-state index contributed by atoms with van der Waals surface area (Å²) < 4.78 is 0. The minimum absolute atomic E-state index is 0.523. The lowest BCUT2D eigenvalue weighted by atomic mass is 9.93. The molecule has 5 heteroatoms. The van der Waals surface area contributed by atoms with Crippen LogP contribution in [0.1, 0.15) is 49.7 Å². The number of rotatable bonds is 3. The lowest BCUT2D eigenvalue weighted by Crippen LogP contribution is -2.38. The highest BCUT2D eigenvalue weighted by molar-refractivity contribution is 5.63. The van der Waals surface area contributed by atoms with Crippen LogP contribution in [-0.4, -0.2) is 44.2 Å². The number of hydrogen-bond acceptors (Lipinski definition) is 4. The Morgan fingerprint density at radius 3 is 2.50 bits per heavy atom. The summed E-state index contributed by atoms with van der Waals surface area (Å²) in [5.74, 6) is 0.523. The molecule has 0 atom stereocenters. The molecule has 118 valence electrons. The number of hydrogen-bond donors (Lipinski definition) is 1. The number of H-pyrrole nitrogens is 1. The van der Waals surface area contributed by atoms with Crippen LogP contribution < -0.4 is 0 Å². The average Bonchev–Trinajstić information content (AvgIpc) is 2.86. The quantitative estimate of drug-likeness (QED) is 0.946. The van der Waals surface area contributed by atoms with E-state index in [9.17, 15) is 0 Å². The van der Waals surface area contributed by atoms with Gasteiger partial charge in [-0.1, -0.05) is 0 Å². The summed E-state index contributed by atoms with van der Waals surface area (Å²) in [6.07, 6.45) is 6.11. The van der Waals surface area contributed by atoms with Crippen molar-refractivity contribution in [1.82, 2.24) is 25.1 Å². The lowest BCUT2D eigenvalue weighted by molar-refractivity contribution is 0.170. The Bertz CT molecular complexity index is 619. The maximum Gasteiger partial charge on any atom is 0.0925 e. The fourth-order valence-corrected chi connectivity index (χ4v) is 3.34. The molecular formula is C17H25N5. The SMILES string of the molecule is Cc1n[nH]c(C)c1-c1cncc(C2CCN(C(C)C)CC2)n1. The van der Waals surface area contributed by atoms with Gasteiger partial charge in [-0.3, -0.25) is 10.1 Å². The van der Waals surface area contributed by atoms with E-state index in [2.05, 4.69) is 33.9 Å². The van der Waals surface area contributed by atoms with Gasteiger partial charge in [0.25, 0.3) is 0 Å². The monoisotopic (exact) mass is 299 g/mol. The van der Waals surface area contributed by atoms with E-state index in [1.165, 1.54) is 12.8 Å². The van der Waals surface area contributed by atoms with Crippen molar-refractivity contribution < 1.29 is 0 Å². The first kappa shape index (κ1) is 15.2. The van der Waals surface area contributed by atoms with Crippen LogP contribution in [0.4, 0.5) is 0 Å². The van der Waals surface area contributed by atoms with Crippen LogP contribution in [0.25, 0.3) is 11.3 Å². The van der Waals surface area contributed by atoms with Crippen LogP contribution in [-0.2, 0) is 0 Å². The van der Waals surface area contributed by atoms with Crippen molar-refractivity contribution in [2.24, 2.45) is 0 Å². The van der Waals surface area contributed by atoms with Gasteiger partial charge in [0.1, 0.15) is 0 Å². The molecule has 0 aromatic carbocycles. The second-order valence-electron chi connectivity index (χ2n) is 6.54. The van der Waals surface area contributed by atoms with Gasteiger partial charge in [-0.25, -0.2) is 4.98 Å². The van der Waals surface area contributed by atoms with E-state index in [1.54, 1.807) is 0 Å². The Morgan fingerprint density at radius 2 is 1.91 bits per heavy atom. The number of likely N-dealkylation sites (tertiary alicyclic amines) is 1. The van der Waals surface area contributed by atoms with Gasteiger partial charge in [0, 0.05) is 29.4 Å². The summed E-state index contributed by atoms with van der Waals surface area (Å²) in [5.41, 5.74) is 5.19. The third-order valence-electron chi connectivity index (χ3n) is 4.72. The molecule has 2 aromatic rings. The Hall–Kier alpha value is -1.75. The Kier molecular flexibility index (Phi) is 4.25. The first-order chi connectivity index (χ1) is 10.6. The molecule has 0 spiro atoms. The molecule has 22 heavy (non-hydrogen) atoms. The summed E-state index contributed by atoms with van der Waals surface area (Å²) in [4.78, 5) is 11.9. The molecule has 1 N–H and O–H groups in total. The van der Waals surface area contributed by atoms with E-state index in [0.717, 1.165) is 41.4 Å². The van der Waals surface area contributed by atoms with Crippen molar-refractivity contribution in [3.05, 3.63) is 29.5 Å². The van der Waals surface area contributed by atoms with Gasteiger partial charge in [-0.05, 0) is 53.6 Å². The van der Waals surface area contributed by atoms with E-state index in [0.29, 0.717) is 12.0 Å². The summed E-state index contributed by atoms with van der Waals surface area (Å²) >= 11 is 0. The zero-order valence-electron chi connectivity index (χ0n) is 13.9. The van der Waals surface area contributed by atoms with Gasteiger partial charge in [0.15, 0.2) is 0 Å². The van der Waals surface area contributed by atoms with Crippen LogP contribution in [0, 0.1) is 13.8 Å². The van der Waals surface area contributed by atoms with Crippen molar-refractivity contribution >= 4 is 0 Å². The highest BCUT2D eigenvalue weighted by Crippen LogP contribution is 2.29. The minimum atomic E-state index is 0.523. The summed E-state index contributed by atoms with van der Waals surface area (Å²) in [6.45, 7) is 10.9. The van der Waals surface area contributed by atoms with Crippen LogP contribution >= 0.6 is 0 Å². The Balaban J connectivity index is 1.81. The van der Waals surface area contributed by atoms with Crippen LogP contribution in [0.2, 0.25) is 0 Å². The molecule has 5 nitrogen and oxygen atoms in total. The molecule has 1 aliphatic rings. The topological polar surface area (TPSA) is 57.7 Å². The molecule has 0 unspecified atom stereocenters. The van der Waals surface area contributed by atoms with Crippen molar-refractivity contribution in [2.45, 2.75) is 52.5 Å². The maximum atomic E-state index is 4.89. The summed E-state index contributed by atoms with van der Waals surface area (Å²) in [7, 11) is 0. The van der Waals surface area contributed by atoms with Gasteiger partial charge in [0.05, 0.1) is 23.3 Å². The van der Waals surface area contributed by atoms with E-state index in [1.807, 2.05) is 26.2 Å². The van der Waals surface area contributed by atoms with Gasteiger partial charge in [-0.15, -0.1) is 0 Å². The van der Waals surface area contributed by atoms with Gasteiger partial charge < -0.3 is 4.90 Å². The van der Waals surface area contributed by atoms with Gasteiger partial charge in [0.2, 0.25) is 0 Å². The minimum Gasteiger partial charge on any atom is -0.301 e. The first-order valence-electron chi connectivity index (χ1n) is 8.14. The van der Waals surface area contributed by atoms with E-state index < -0.39 is 0 Å². The zero-order chi connectivity index (χ0) is 15.7. The third-order valence-corrected chi connectivity index (χ3v) is 4.72. The summed E-state index contributed by atoms with van der Waals surface area (Å²) in [6, 6.07) is 0.634. The molecule has 0 bridgehead atoms. The molecule has 1 aliphatic heterocycles. The van der Waals surface area contributed by atoms with Crippen LogP contribution in [0.3, 0.4) is 0 Å². The predicted molar refractivity (Wildman–Crippen MR) is 87.8 cm³/mol. The number of aryl methyl sites for hydroxylation is 2. The van der Waals surface area contributed by atoms with Crippen LogP contribution in [0.15, 0.2) is 12.4 Å². The standard InChI is InChI=1S/C17H25N5/c1-11(2)22-7-5-14(6-8-22)15-9-18-10-16(19-15)17-12(3)20-21-13(17)4/h9-11,14H,5-8H2,1-4H3,(H,20,21). The van der Waals surface area contributed by atoms with E-state index >= 15 is 0 Å². The molecule has 1 saturated heterocycles. The summed E-state index contributed by atoms with van der Waals surface area (Å²) in [5, 5.41) is 7.29. The number of nitrogens with zero attached hydrogens (tertiary/aromatic N) is 4. The normalized spacial score (nSPS) is 17.3. The number of piperidine rings is 1. The average molecular weight is 299 g/mol.